The molecule has 0 unspecified atom stereocenters. The summed E-state index contributed by atoms with van der Waals surface area (Å²) >= 11 is 0. The summed E-state index contributed by atoms with van der Waals surface area (Å²) in [5.41, 5.74) is 3.93. The number of nitrogens with zero attached hydrogens (tertiary/aromatic N) is 1. The normalized spacial score (nSPS) is 10.3. The van der Waals surface area contributed by atoms with E-state index in [1.807, 2.05) is 60.7 Å². The summed E-state index contributed by atoms with van der Waals surface area (Å²) in [6, 6.07) is 19.4. The Balaban J connectivity index is 2.15. The first-order valence-corrected chi connectivity index (χ1v) is 6.04. The van der Waals surface area contributed by atoms with Gasteiger partial charge in [0.05, 0.1) is 11.3 Å². The Morgan fingerprint density at radius 1 is 0.842 bits per heavy atom. The zero-order valence-corrected chi connectivity index (χ0v) is 10.2. The molecule has 0 spiro atoms. The zero-order chi connectivity index (χ0) is 13.1. The van der Waals surface area contributed by atoms with Gasteiger partial charge in [-0.05, 0) is 0 Å². The monoisotopic (exact) mass is 248 g/mol. The number of aldehydes is 1. The second kappa shape index (κ2) is 4.90. The maximum absolute atomic E-state index is 11.4. The largest absolute Gasteiger partial charge is 0.298 e. The fourth-order valence-corrected chi connectivity index (χ4v) is 2.11. The van der Waals surface area contributed by atoms with Crippen LogP contribution in [0.4, 0.5) is 0 Å². The van der Waals surface area contributed by atoms with Crippen molar-refractivity contribution in [1.82, 2.24) is 10.2 Å². The molecule has 3 aromatic rings. The second-order valence-corrected chi connectivity index (χ2v) is 4.21. The van der Waals surface area contributed by atoms with Crippen LogP contribution in [0.1, 0.15) is 10.4 Å². The van der Waals surface area contributed by atoms with Crippen LogP contribution in [0.3, 0.4) is 0 Å². The van der Waals surface area contributed by atoms with Crippen LogP contribution in [0.25, 0.3) is 22.5 Å². The minimum Gasteiger partial charge on any atom is -0.298 e. The van der Waals surface area contributed by atoms with Crippen molar-refractivity contribution in [3.8, 4) is 22.5 Å². The number of aromatic amines is 1. The Hall–Kier alpha value is -2.68. The van der Waals surface area contributed by atoms with E-state index in [2.05, 4.69) is 10.2 Å². The predicted octanol–water partition coefficient (Wildman–Crippen LogP) is 3.56. The van der Waals surface area contributed by atoms with Crippen LogP contribution in [-0.4, -0.2) is 16.5 Å². The first kappa shape index (κ1) is 11.4. The van der Waals surface area contributed by atoms with E-state index in [1.54, 1.807) is 0 Å². The number of hydrogen-bond donors (Lipinski definition) is 1. The number of rotatable bonds is 3. The molecule has 0 aliphatic carbocycles. The van der Waals surface area contributed by atoms with Gasteiger partial charge in [0, 0.05) is 11.1 Å². The highest BCUT2D eigenvalue weighted by Crippen LogP contribution is 2.28. The van der Waals surface area contributed by atoms with Crippen LogP contribution in [-0.2, 0) is 0 Å². The van der Waals surface area contributed by atoms with Crippen LogP contribution in [0.5, 0.6) is 0 Å². The van der Waals surface area contributed by atoms with Crippen LogP contribution in [0, 0.1) is 0 Å². The minimum atomic E-state index is 0.595. The smallest absolute Gasteiger partial charge is 0.154 e. The fourth-order valence-electron chi connectivity index (χ4n) is 2.11. The van der Waals surface area contributed by atoms with Gasteiger partial charge < -0.3 is 0 Å². The molecule has 92 valence electrons. The van der Waals surface area contributed by atoms with Gasteiger partial charge in [0.2, 0.25) is 0 Å². The van der Waals surface area contributed by atoms with E-state index < -0.39 is 0 Å². The third kappa shape index (κ3) is 2.06. The van der Waals surface area contributed by atoms with Crippen molar-refractivity contribution in [2.75, 3.05) is 0 Å². The van der Waals surface area contributed by atoms with Gasteiger partial charge in [0.15, 0.2) is 6.29 Å². The molecule has 0 atom stereocenters. The Bertz CT molecular complexity index is 630. The molecule has 0 fully saturated rings. The average molecular weight is 248 g/mol. The van der Waals surface area contributed by atoms with Gasteiger partial charge in [-0.2, -0.15) is 5.10 Å². The standard InChI is InChI=1S/C16H12N2O/c19-11-14-15(12-7-3-1-4-8-12)17-18-16(14)13-9-5-2-6-10-13/h1-11H,(H,17,18). The van der Waals surface area contributed by atoms with Crippen LogP contribution >= 0.6 is 0 Å². The Kier molecular flexibility index (Phi) is 2.94. The van der Waals surface area contributed by atoms with Crippen LogP contribution < -0.4 is 0 Å². The quantitative estimate of drug-likeness (QED) is 0.720. The van der Waals surface area contributed by atoms with Gasteiger partial charge in [-0.15, -0.1) is 0 Å². The van der Waals surface area contributed by atoms with Crippen molar-refractivity contribution in [3.05, 3.63) is 66.2 Å². The molecule has 0 amide bonds. The van der Waals surface area contributed by atoms with E-state index in [-0.39, 0.29) is 0 Å². The second-order valence-electron chi connectivity index (χ2n) is 4.21. The van der Waals surface area contributed by atoms with Crippen molar-refractivity contribution in [2.45, 2.75) is 0 Å². The number of carbonyl (C=O) groups is 1. The molecular formula is C16H12N2O. The minimum absolute atomic E-state index is 0.595. The number of carbonyl (C=O) groups excluding carboxylic acids is 1. The molecule has 0 aliphatic rings. The molecule has 1 N–H and O–H groups in total. The number of aromatic nitrogens is 2. The molecule has 0 radical (unpaired) electrons. The van der Waals surface area contributed by atoms with E-state index >= 15 is 0 Å². The third-order valence-electron chi connectivity index (χ3n) is 3.03. The summed E-state index contributed by atoms with van der Waals surface area (Å²) in [6.45, 7) is 0. The number of hydrogen-bond acceptors (Lipinski definition) is 2. The highest BCUT2D eigenvalue weighted by molar-refractivity contribution is 5.93. The van der Waals surface area contributed by atoms with E-state index in [0.717, 1.165) is 23.1 Å². The van der Waals surface area contributed by atoms with Gasteiger partial charge in [-0.25, -0.2) is 0 Å². The van der Waals surface area contributed by atoms with E-state index in [9.17, 15) is 4.79 Å². The maximum Gasteiger partial charge on any atom is 0.154 e. The molecule has 0 bridgehead atoms. The van der Waals surface area contributed by atoms with E-state index in [1.165, 1.54) is 0 Å². The molecule has 0 aliphatic heterocycles. The molecule has 19 heavy (non-hydrogen) atoms. The first-order valence-electron chi connectivity index (χ1n) is 6.04. The van der Waals surface area contributed by atoms with Gasteiger partial charge in [0.25, 0.3) is 0 Å². The molecule has 3 nitrogen and oxygen atoms in total. The van der Waals surface area contributed by atoms with E-state index in [0.29, 0.717) is 11.3 Å². The first-order chi connectivity index (χ1) is 9.40. The number of H-pyrrole nitrogens is 1. The topological polar surface area (TPSA) is 45.8 Å². The third-order valence-corrected chi connectivity index (χ3v) is 3.03. The lowest BCUT2D eigenvalue weighted by molar-refractivity contribution is 0.112. The summed E-state index contributed by atoms with van der Waals surface area (Å²) in [5.74, 6) is 0. The van der Waals surface area contributed by atoms with Crippen LogP contribution in [0.2, 0.25) is 0 Å². The van der Waals surface area contributed by atoms with Crippen molar-refractivity contribution in [1.29, 1.82) is 0 Å². The highest BCUT2D eigenvalue weighted by Gasteiger charge is 2.14. The Labute approximate surface area is 110 Å². The molecular weight excluding hydrogens is 236 g/mol. The lowest BCUT2D eigenvalue weighted by atomic mass is 10.0. The van der Waals surface area contributed by atoms with E-state index in [4.69, 9.17) is 0 Å². The summed E-state index contributed by atoms with van der Waals surface area (Å²) in [7, 11) is 0. The lowest BCUT2D eigenvalue weighted by Crippen LogP contribution is -1.86. The van der Waals surface area contributed by atoms with Crippen LogP contribution in [0.15, 0.2) is 60.7 Å². The van der Waals surface area contributed by atoms with Crippen molar-refractivity contribution >= 4 is 6.29 Å². The molecule has 1 aromatic heterocycles. The van der Waals surface area contributed by atoms with Gasteiger partial charge in [-0.3, -0.25) is 9.89 Å². The van der Waals surface area contributed by atoms with Crippen molar-refractivity contribution in [3.63, 3.8) is 0 Å². The summed E-state index contributed by atoms with van der Waals surface area (Å²) in [6.07, 6.45) is 0.855. The molecule has 3 heteroatoms. The van der Waals surface area contributed by atoms with Crippen molar-refractivity contribution in [2.24, 2.45) is 0 Å². The van der Waals surface area contributed by atoms with Gasteiger partial charge in [0.1, 0.15) is 5.69 Å². The molecule has 0 saturated heterocycles. The lowest BCUT2D eigenvalue weighted by Gasteiger charge is -1.99. The fraction of sp³-hybridized carbons (Fsp3) is 0. The average Bonchev–Trinajstić information content (AvgIpc) is 2.93. The summed E-state index contributed by atoms with van der Waals surface area (Å²) in [4.78, 5) is 11.4. The maximum atomic E-state index is 11.4. The highest BCUT2D eigenvalue weighted by atomic mass is 16.1. The number of nitrogens with one attached hydrogen (secondary N) is 1. The SMILES string of the molecule is O=Cc1c(-c2ccccc2)n[nH]c1-c1ccccc1. The van der Waals surface area contributed by atoms with Crippen molar-refractivity contribution < 1.29 is 4.79 Å². The molecule has 3 rings (SSSR count). The molecule has 2 aromatic carbocycles. The predicted molar refractivity (Wildman–Crippen MR) is 74.8 cm³/mol. The summed E-state index contributed by atoms with van der Waals surface area (Å²) in [5, 5.41) is 7.24. The summed E-state index contributed by atoms with van der Waals surface area (Å²) < 4.78 is 0. The zero-order valence-electron chi connectivity index (χ0n) is 10.2. The Morgan fingerprint density at radius 3 is 2.00 bits per heavy atom. The molecule has 1 heterocycles. The van der Waals surface area contributed by atoms with Gasteiger partial charge in [-0.1, -0.05) is 60.7 Å². The number of benzene rings is 2. The molecule has 0 saturated carbocycles. The Morgan fingerprint density at radius 2 is 1.42 bits per heavy atom. The van der Waals surface area contributed by atoms with Gasteiger partial charge >= 0.3 is 0 Å².